The number of rotatable bonds is 9. The lowest BCUT2D eigenvalue weighted by atomic mass is 10.1. The molecule has 0 atom stereocenters. The minimum Gasteiger partial charge on any atom is -0.491 e. The summed E-state index contributed by atoms with van der Waals surface area (Å²) in [6.45, 7) is 7.56. The van der Waals surface area contributed by atoms with E-state index < -0.39 is 0 Å². The second-order valence-corrected chi connectivity index (χ2v) is 5.68. The predicted molar refractivity (Wildman–Crippen MR) is 98.5 cm³/mol. The van der Waals surface area contributed by atoms with E-state index in [1.807, 2.05) is 57.2 Å². The molecular formula is C20H25NO4. The van der Waals surface area contributed by atoms with E-state index in [9.17, 15) is 4.79 Å². The summed E-state index contributed by atoms with van der Waals surface area (Å²) < 4.78 is 16.4. The highest BCUT2D eigenvalue weighted by atomic mass is 16.5. The van der Waals surface area contributed by atoms with Crippen LogP contribution in [0.2, 0.25) is 0 Å². The number of amides is 1. The lowest BCUT2D eigenvalue weighted by molar-refractivity contribution is -0.118. The topological polar surface area (TPSA) is 56.8 Å². The zero-order valence-electron chi connectivity index (χ0n) is 15.0. The average Bonchev–Trinajstić information content (AvgIpc) is 2.58. The first-order valence-electron chi connectivity index (χ1n) is 8.39. The maximum Gasteiger partial charge on any atom is 0.262 e. The number of ether oxygens (including phenoxy) is 3. The summed E-state index contributed by atoms with van der Waals surface area (Å²) >= 11 is 0. The summed E-state index contributed by atoms with van der Waals surface area (Å²) in [4.78, 5) is 12.1. The molecule has 0 unspecified atom stereocenters. The van der Waals surface area contributed by atoms with Crippen LogP contribution in [0.25, 0.3) is 0 Å². The van der Waals surface area contributed by atoms with Crippen LogP contribution in [0.3, 0.4) is 0 Å². The van der Waals surface area contributed by atoms with Gasteiger partial charge in [-0.15, -0.1) is 0 Å². The zero-order chi connectivity index (χ0) is 18.1. The number of anilines is 1. The van der Waals surface area contributed by atoms with Crippen LogP contribution in [0.4, 0.5) is 5.69 Å². The Labute approximate surface area is 148 Å². The number of hydrogen-bond acceptors (Lipinski definition) is 4. The lowest BCUT2D eigenvalue weighted by Crippen LogP contribution is -2.20. The Balaban J connectivity index is 1.83. The molecule has 0 saturated heterocycles. The normalized spacial score (nSPS) is 10.4. The predicted octanol–water partition coefficient (Wildman–Crippen LogP) is 3.74. The van der Waals surface area contributed by atoms with Gasteiger partial charge in [0.15, 0.2) is 6.61 Å². The summed E-state index contributed by atoms with van der Waals surface area (Å²) in [5.74, 6) is 1.19. The quantitative estimate of drug-likeness (QED) is 0.705. The molecule has 0 aliphatic rings. The van der Waals surface area contributed by atoms with Crippen LogP contribution in [-0.2, 0) is 9.53 Å². The molecule has 0 saturated carbocycles. The number of aryl methyl sites for hydroxylation is 2. The molecule has 0 fully saturated rings. The van der Waals surface area contributed by atoms with E-state index in [0.29, 0.717) is 37.0 Å². The van der Waals surface area contributed by atoms with Crippen molar-refractivity contribution in [3.05, 3.63) is 53.6 Å². The molecule has 5 heteroatoms. The van der Waals surface area contributed by atoms with Gasteiger partial charge in [-0.2, -0.15) is 0 Å². The Bertz CT molecular complexity index is 700. The van der Waals surface area contributed by atoms with E-state index >= 15 is 0 Å². The van der Waals surface area contributed by atoms with Crippen LogP contribution >= 0.6 is 0 Å². The summed E-state index contributed by atoms with van der Waals surface area (Å²) in [7, 11) is 0. The van der Waals surface area contributed by atoms with Crippen molar-refractivity contribution >= 4 is 11.6 Å². The molecule has 0 heterocycles. The fourth-order valence-electron chi connectivity index (χ4n) is 2.33. The second kappa shape index (κ2) is 9.69. The van der Waals surface area contributed by atoms with Crippen molar-refractivity contribution in [3.63, 3.8) is 0 Å². The van der Waals surface area contributed by atoms with Crippen LogP contribution in [-0.4, -0.2) is 32.3 Å². The molecule has 0 aliphatic carbocycles. The molecule has 0 aliphatic heterocycles. The number of carbonyl (C=O) groups is 1. The van der Waals surface area contributed by atoms with Gasteiger partial charge in [-0.05, 0) is 44.5 Å². The standard InChI is InChI=1S/C20H25NO4/c1-4-23-10-11-24-18-7-5-6-17(13-18)21-20(22)14-25-19-9-8-15(2)12-16(19)3/h5-9,12-13H,4,10-11,14H2,1-3H3,(H,21,22). The Morgan fingerprint density at radius 1 is 1.04 bits per heavy atom. The maximum absolute atomic E-state index is 12.1. The van der Waals surface area contributed by atoms with Gasteiger partial charge >= 0.3 is 0 Å². The van der Waals surface area contributed by atoms with Crippen molar-refractivity contribution < 1.29 is 19.0 Å². The van der Waals surface area contributed by atoms with Gasteiger partial charge in [0, 0.05) is 18.4 Å². The number of benzene rings is 2. The molecule has 134 valence electrons. The first kappa shape index (κ1) is 18.8. The van der Waals surface area contributed by atoms with E-state index in [2.05, 4.69) is 5.32 Å². The van der Waals surface area contributed by atoms with E-state index in [1.165, 1.54) is 0 Å². The van der Waals surface area contributed by atoms with Gasteiger partial charge in [0.25, 0.3) is 5.91 Å². The number of nitrogens with one attached hydrogen (secondary N) is 1. The fourth-order valence-corrected chi connectivity index (χ4v) is 2.33. The molecular weight excluding hydrogens is 318 g/mol. The van der Waals surface area contributed by atoms with Crippen molar-refractivity contribution in [1.29, 1.82) is 0 Å². The Morgan fingerprint density at radius 3 is 2.64 bits per heavy atom. The summed E-state index contributed by atoms with van der Waals surface area (Å²) in [5.41, 5.74) is 2.84. The SMILES string of the molecule is CCOCCOc1cccc(NC(=O)COc2ccc(C)cc2C)c1. The highest BCUT2D eigenvalue weighted by Crippen LogP contribution is 2.19. The molecule has 0 spiro atoms. The Morgan fingerprint density at radius 2 is 1.88 bits per heavy atom. The van der Waals surface area contributed by atoms with Crippen LogP contribution < -0.4 is 14.8 Å². The summed E-state index contributed by atoms with van der Waals surface area (Å²) in [6, 6.07) is 13.1. The van der Waals surface area contributed by atoms with Gasteiger partial charge < -0.3 is 19.5 Å². The van der Waals surface area contributed by atoms with Crippen molar-refractivity contribution in [2.75, 3.05) is 31.7 Å². The molecule has 2 aromatic carbocycles. The van der Waals surface area contributed by atoms with Crippen LogP contribution in [0.5, 0.6) is 11.5 Å². The third-order valence-electron chi connectivity index (χ3n) is 3.51. The third-order valence-corrected chi connectivity index (χ3v) is 3.51. The largest absolute Gasteiger partial charge is 0.491 e. The van der Waals surface area contributed by atoms with Crippen LogP contribution in [0.15, 0.2) is 42.5 Å². The van der Waals surface area contributed by atoms with E-state index in [1.54, 1.807) is 6.07 Å². The van der Waals surface area contributed by atoms with E-state index in [4.69, 9.17) is 14.2 Å². The van der Waals surface area contributed by atoms with Crippen LogP contribution in [0, 0.1) is 13.8 Å². The number of hydrogen-bond donors (Lipinski definition) is 1. The summed E-state index contributed by atoms with van der Waals surface area (Å²) in [6.07, 6.45) is 0. The summed E-state index contributed by atoms with van der Waals surface area (Å²) in [5, 5.41) is 2.81. The van der Waals surface area contributed by atoms with Crippen molar-refractivity contribution in [2.45, 2.75) is 20.8 Å². The molecule has 1 N–H and O–H groups in total. The average molecular weight is 343 g/mol. The first-order chi connectivity index (χ1) is 12.1. The minimum absolute atomic E-state index is 0.0423. The molecule has 0 bridgehead atoms. The highest BCUT2D eigenvalue weighted by Gasteiger charge is 2.06. The first-order valence-corrected chi connectivity index (χ1v) is 8.39. The van der Waals surface area contributed by atoms with E-state index in [0.717, 1.165) is 11.1 Å². The Hall–Kier alpha value is -2.53. The van der Waals surface area contributed by atoms with Gasteiger partial charge in [-0.3, -0.25) is 4.79 Å². The highest BCUT2D eigenvalue weighted by molar-refractivity contribution is 5.92. The molecule has 2 aromatic rings. The molecule has 1 amide bonds. The van der Waals surface area contributed by atoms with Crippen molar-refractivity contribution in [1.82, 2.24) is 0 Å². The smallest absolute Gasteiger partial charge is 0.262 e. The monoisotopic (exact) mass is 343 g/mol. The third kappa shape index (κ3) is 6.47. The van der Waals surface area contributed by atoms with Gasteiger partial charge in [0.1, 0.15) is 18.1 Å². The van der Waals surface area contributed by atoms with Gasteiger partial charge in [-0.25, -0.2) is 0 Å². The van der Waals surface area contributed by atoms with Gasteiger partial charge in [-0.1, -0.05) is 23.8 Å². The van der Waals surface area contributed by atoms with Gasteiger partial charge in [0.2, 0.25) is 0 Å². The second-order valence-electron chi connectivity index (χ2n) is 5.68. The zero-order valence-corrected chi connectivity index (χ0v) is 15.0. The van der Waals surface area contributed by atoms with E-state index in [-0.39, 0.29) is 12.5 Å². The Kier molecular flexibility index (Phi) is 7.29. The van der Waals surface area contributed by atoms with Crippen molar-refractivity contribution in [3.8, 4) is 11.5 Å². The molecule has 2 rings (SSSR count). The molecule has 0 aromatic heterocycles. The lowest BCUT2D eigenvalue weighted by Gasteiger charge is -2.11. The number of carbonyl (C=O) groups excluding carboxylic acids is 1. The van der Waals surface area contributed by atoms with Gasteiger partial charge in [0.05, 0.1) is 6.61 Å². The fraction of sp³-hybridized carbons (Fsp3) is 0.350. The minimum atomic E-state index is -0.216. The van der Waals surface area contributed by atoms with Crippen LogP contribution in [0.1, 0.15) is 18.1 Å². The van der Waals surface area contributed by atoms with Crippen molar-refractivity contribution in [2.24, 2.45) is 0 Å². The molecule has 25 heavy (non-hydrogen) atoms. The molecule has 5 nitrogen and oxygen atoms in total. The maximum atomic E-state index is 12.1. The molecule has 0 radical (unpaired) electrons.